The summed E-state index contributed by atoms with van der Waals surface area (Å²) in [5, 5.41) is 3.47. The molecule has 0 aliphatic carbocycles. The number of aromatic amines is 1. The van der Waals surface area contributed by atoms with Crippen molar-refractivity contribution in [3.8, 4) is 0 Å². The van der Waals surface area contributed by atoms with E-state index in [1.54, 1.807) is 0 Å². The maximum Gasteiger partial charge on any atom is 0.179 e. The average Bonchev–Trinajstić information content (AvgIpc) is 2.88. The summed E-state index contributed by atoms with van der Waals surface area (Å²) in [7, 11) is 4.00. The maximum atomic E-state index is 4.63. The highest BCUT2D eigenvalue weighted by atomic mass is 15.1. The van der Waals surface area contributed by atoms with Crippen molar-refractivity contribution >= 4 is 17.0 Å². The molecule has 2 aromatic heterocycles. The summed E-state index contributed by atoms with van der Waals surface area (Å²) in [5.41, 5.74) is 1.86. The second-order valence-electron chi connectivity index (χ2n) is 5.87. The summed E-state index contributed by atoms with van der Waals surface area (Å²) in [6, 6.07) is 4.09. The average molecular weight is 273 g/mol. The molecule has 0 bridgehead atoms. The van der Waals surface area contributed by atoms with Crippen LogP contribution in [-0.4, -0.2) is 42.1 Å². The fourth-order valence-corrected chi connectivity index (χ4v) is 2.81. The van der Waals surface area contributed by atoms with Crippen molar-refractivity contribution in [1.82, 2.24) is 20.3 Å². The summed E-state index contributed by atoms with van der Waals surface area (Å²) in [6.45, 7) is 2.33. The van der Waals surface area contributed by atoms with Crippen LogP contribution in [0.3, 0.4) is 0 Å². The molecule has 3 rings (SSSR count). The number of H-pyrrole nitrogens is 1. The number of nitrogens with one attached hydrogen (secondary N) is 2. The van der Waals surface area contributed by atoms with E-state index >= 15 is 0 Å². The van der Waals surface area contributed by atoms with E-state index in [4.69, 9.17) is 0 Å². The summed E-state index contributed by atoms with van der Waals surface area (Å²) in [4.78, 5) is 14.6. The van der Waals surface area contributed by atoms with Crippen molar-refractivity contribution in [2.45, 2.75) is 25.7 Å². The highest BCUT2D eigenvalue weighted by molar-refractivity contribution is 5.73. The van der Waals surface area contributed by atoms with Gasteiger partial charge in [-0.25, -0.2) is 9.97 Å². The summed E-state index contributed by atoms with van der Waals surface area (Å²) in [6.07, 6.45) is 4.86. The lowest BCUT2D eigenvalue weighted by molar-refractivity contribution is 0.356. The monoisotopic (exact) mass is 273 g/mol. The number of rotatable bonds is 4. The summed E-state index contributed by atoms with van der Waals surface area (Å²) < 4.78 is 0. The molecule has 1 aliphatic rings. The minimum atomic E-state index is 0.794. The maximum absolute atomic E-state index is 4.63. The van der Waals surface area contributed by atoms with Crippen molar-refractivity contribution in [1.29, 1.82) is 0 Å². The van der Waals surface area contributed by atoms with E-state index in [-0.39, 0.29) is 0 Å². The quantitative estimate of drug-likeness (QED) is 0.894. The van der Waals surface area contributed by atoms with Gasteiger partial charge in [0, 0.05) is 20.5 Å². The predicted octanol–water partition coefficient (Wildman–Crippen LogP) is 1.96. The molecular weight excluding hydrogens is 250 g/mol. The van der Waals surface area contributed by atoms with Crippen LogP contribution in [0, 0.1) is 5.92 Å². The van der Waals surface area contributed by atoms with Gasteiger partial charge in [-0.15, -0.1) is 0 Å². The van der Waals surface area contributed by atoms with Crippen molar-refractivity contribution in [2.24, 2.45) is 5.92 Å². The van der Waals surface area contributed by atoms with Crippen LogP contribution in [-0.2, 0) is 6.42 Å². The van der Waals surface area contributed by atoms with Crippen LogP contribution < -0.4 is 10.2 Å². The molecule has 2 aromatic rings. The van der Waals surface area contributed by atoms with Gasteiger partial charge in [-0.2, -0.15) is 0 Å². The molecule has 2 N–H and O–H groups in total. The molecule has 1 saturated heterocycles. The van der Waals surface area contributed by atoms with Gasteiger partial charge in [0.25, 0.3) is 0 Å². The molecule has 1 atom stereocenters. The van der Waals surface area contributed by atoms with E-state index in [1.807, 2.05) is 25.1 Å². The van der Waals surface area contributed by atoms with E-state index in [0.29, 0.717) is 0 Å². The van der Waals surface area contributed by atoms with Gasteiger partial charge < -0.3 is 15.2 Å². The molecule has 0 saturated carbocycles. The van der Waals surface area contributed by atoms with Gasteiger partial charge in [0.15, 0.2) is 5.65 Å². The molecule has 1 fully saturated rings. The Morgan fingerprint density at radius 2 is 2.20 bits per heavy atom. The summed E-state index contributed by atoms with van der Waals surface area (Å²) >= 11 is 0. The second kappa shape index (κ2) is 5.79. The topological polar surface area (TPSA) is 56.8 Å². The molecule has 0 aromatic carbocycles. The third-order valence-corrected chi connectivity index (χ3v) is 4.03. The number of piperidine rings is 1. The Kier molecular flexibility index (Phi) is 3.87. The first-order chi connectivity index (χ1) is 9.72. The Morgan fingerprint density at radius 1 is 1.30 bits per heavy atom. The molecule has 108 valence electrons. The van der Waals surface area contributed by atoms with Gasteiger partial charge in [-0.05, 0) is 50.4 Å². The zero-order valence-electron chi connectivity index (χ0n) is 12.3. The van der Waals surface area contributed by atoms with Gasteiger partial charge in [0.2, 0.25) is 0 Å². The first-order valence-electron chi connectivity index (χ1n) is 7.46. The minimum absolute atomic E-state index is 0.794. The highest BCUT2D eigenvalue weighted by Gasteiger charge is 2.14. The number of pyridine rings is 1. The SMILES string of the molecule is CN(C)c1ccc2[nH]c(CCC3CCCNC3)nc2n1. The molecule has 5 nitrogen and oxygen atoms in total. The van der Waals surface area contributed by atoms with E-state index in [9.17, 15) is 0 Å². The van der Waals surface area contributed by atoms with Crippen LogP contribution in [0.5, 0.6) is 0 Å². The number of imidazole rings is 1. The van der Waals surface area contributed by atoms with E-state index in [0.717, 1.165) is 41.7 Å². The first-order valence-corrected chi connectivity index (χ1v) is 7.46. The summed E-state index contributed by atoms with van der Waals surface area (Å²) in [5.74, 6) is 2.81. The van der Waals surface area contributed by atoms with Crippen molar-refractivity contribution < 1.29 is 0 Å². The van der Waals surface area contributed by atoms with E-state index in [1.165, 1.54) is 25.8 Å². The van der Waals surface area contributed by atoms with Gasteiger partial charge in [0.1, 0.15) is 11.6 Å². The Bertz CT molecular complexity index is 569. The third-order valence-electron chi connectivity index (χ3n) is 4.03. The number of aryl methyl sites for hydroxylation is 1. The number of fused-ring (bicyclic) bond motifs is 1. The molecule has 1 unspecified atom stereocenters. The number of aromatic nitrogens is 3. The van der Waals surface area contributed by atoms with Gasteiger partial charge in [0.05, 0.1) is 5.52 Å². The normalized spacial score (nSPS) is 19.4. The molecule has 20 heavy (non-hydrogen) atoms. The first kappa shape index (κ1) is 13.4. The number of hydrogen-bond acceptors (Lipinski definition) is 4. The standard InChI is InChI=1S/C15H23N5/c1-20(2)14-8-6-12-15(19-14)18-13(17-12)7-5-11-4-3-9-16-10-11/h6,8,11,16H,3-5,7,9-10H2,1-2H3,(H,17,18,19). The Balaban J connectivity index is 1.69. The molecule has 0 amide bonds. The largest absolute Gasteiger partial charge is 0.363 e. The molecule has 3 heterocycles. The minimum Gasteiger partial charge on any atom is -0.363 e. The van der Waals surface area contributed by atoms with Crippen LogP contribution >= 0.6 is 0 Å². The number of nitrogens with zero attached hydrogens (tertiary/aromatic N) is 3. The van der Waals surface area contributed by atoms with E-state index in [2.05, 4.69) is 26.3 Å². The van der Waals surface area contributed by atoms with Crippen LogP contribution in [0.1, 0.15) is 25.1 Å². The van der Waals surface area contributed by atoms with Gasteiger partial charge >= 0.3 is 0 Å². The fraction of sp³-hybridized carbons (Fsp3) is 0.600. The van der Waals surface area contributed by atoms with Crippen LogP contribution in [0.25, 0.3) is 11.2 Å². The Hall–Kier alpha value is -1.62. The van der Waals surface area contributed by atoms with Gasteiger partial charge in [-0.1, -0.05) is 0 Å². The zero-order chi connectivity index (χ0) is 13.9. The Morgan fingerprint density at radius 3 is 2.95 bits per heavy atom. The number of anilines is 1. The van der Waals surface area contributed by atoms with Gasteiger partial charge in [-0.3, -0.25) is 0 Å². The molecule has 0 spiro atoms. The van der Waals surface area contributed by atoms with Crippen molar-refractivity contribution in [3.05, 3.63) is 18.0 Å². The molecule has 0 radical (unpaired) electrons. The fourth-order valence-electron chi connectivity index (χ4n) is 2.81. The predicted molar refractivity (Wildman–Crippen MR) is 82.1 cm³/mol. The molecule has 1 aliphatic heterocycles. The van der Waals surface area contributed by atoms with Crippen LogP contribution in [0.15, 0.2) is 12.1 Å². The third kappa shape index (κ3) is 2.93. The molecular formula is C15H23N5. The van der Waals surface area contributed by atoms with Crippen LogP contribution in [0.4, 0.5) is 5.82 Å². The smallest absolute Gasteiger partial charge is 0.179 e. The van der Waals surface area contributed by atoms with Crippen molar-refractivity contribution in [2.75, 3.05) is 32.1 Å². The highest BCUT2D eigenvalue weighted by Crippen LogP contribution is 2.19. The van der Waals surface area contributed by atoms with E-state index < -0.39 is 0 Å². The van der Waals surface area contributed by atoms with Crippen LogP contribution in [0.2, 0.25) is 0 Å². The lowest BCUT2D eigenvalue weighted by Crippen LogP contribution is -2.29. The van der Waals surface area contributed by atoms with Crippen molar-refractivity contribution in [3.63, 3.8) is 0 Å². The lowest BCUT2D eigenvalue weighted by Gasteiger charge is -2.22. The Labute approximate surface area is 119 Å². The lowest BCUT2D eigenvalue weighted by atomic mass is 9.95. The zero-order valence-corrected chi connectivity index (χ0v) is 12.3. The number of hydrogen-bond donors (Lipinski definition) is 2. The molecule has 5 heteroatoms. The second-order valence-corrected chi connectivity index (χ2v) is 5.87.